The number of urea groups is 1. The summed E-state index contributed by atoms with van der Waals surface area (Å²) in [6.45, 7) is 9.72. The number of nitrogens with two attached hydrogens (primary N) is 1. The predicted octanol–water partition coefficient (Wildman–Crippen LogP) is 4.03. The smallest absolute Gasteiger partial charge is 0.315 e. The second kappa shape index (κ2) is 16.2. The van der Waals surface area contributed by atoms with Crippen LogP contribution in [0, 0.1) is 11.3 Å². The van der Waals surface area contributed by atoms with E-state index in [0.29, 0.717) is 37.8 Å². The largest absolute Gasteiger partial charge is 0.363 e. The highest BCUT2D eigenvalue weighted by atomic mass is 16.2. The molecule has 3 fully saturated rings. The van der Waals surface area contributed by atoms with Gasteiger partial charge in [0, 0.05) is 24.1 Å². The number of hydrogen-bond donors (Lipinski definition) is 4. The van der Waals surface area contributed by atoms with Crippen LogP contribution in [0.2, 0.25) is 0 Å². The normalized spacial score (nSPS) is 20.3. The molecule has 4 rings (SSSR count). The molecule has 46 heavy (non-hydrogen) atoms. The van der Waals surface area contributed by atoms with Crippen molar-refractivity contribution in [3.8, 4) is 0 Å². The van der Waals surface area contributed by atoms with Crippen LogP contribution in [-0.4, -0.2) is 70.4 Å². The third-order valence-electron chi connectivity index (χ3n) is 9.16. The molecule has 254 valence electrons. The fourth-order valence-corrected chi connectivity index (χ4v) is 6.09. The van der Waals surface area contributed by atoms with Gasteiger partial charge in [-0.2, -0.15) is 0 Å². The van der Waals surface area contributed by atoms with Crippen molar-refractivity contribution in [3.05, 3.63) is 35.9 Å². The molecular formula is C35H53N5O6. The first-order valence-electron chi connectivity index (χ1n) is 16.8. The van der Waals surface area contributed by atoms with Gasteiger partial charge in [0.15, 0.2) is 5.78 Å². The molecule has 0 bridgehead atoms. The van der Waals surface area contributed by atoms with E-state index in [2.05, 4.69) is 22.9 Å². The van der Waals surface area contributed by atoms with E-state index >= 15 is 0 Å². The molecule has 11 nitrogen and oxygen atoms in total. The van der Waals surface area contributed by atoms with Crippen molar-refractivity contribution >= 4 is 35.3 Å². The van der Waals surface area contributed by atoms with Crippen LogP contribution in [0.5, 0.6) is 0 Å². The van der Waals surface area contributed by atoms with Crippen LogP contribution < -0.4 is 21.7 Å². The molecule has 0 radical (unpaired) electrons. The average molecular weight is 640 g/mol. The standard InChI is InChI=1S/C31H45N5O6.C4H8/c1-5-21(24(38)26(32)39)33-27(40)22-15-12-18-36(22)28(41)25(30(2,3)4)34-29(42)35-31(16-10-7-11-17-31)19-23(37)20-13-8-6-9-14-20;1-4-2-3-4/h6,8-9,13-14,21-22,25H,5,7,10-12,15-19H2,1-4H3,(H2,32,39)(H,33,40)(H2,34,35,42);4H,2-3H2,1H3/t21?,22-,25?;/m0./s1. The Hall–Kier alpha value is -3.76. The molecule has 5 amide bonds. The lowest BCUT2D eigenvalue weighted by atomic mass is 9.77. The first-order valence-corrected chi connectivity index (χ1v) is 16.8. The lowest BCUT2D eigenvalue weighted by molar-refractivity contribution is -0.143. The first kappa shape index (κ1) is 36.7. The minimum Gasteiger partial charge on any atom is -0.363 e. The van der Waals surface area contributed by atoms with Crippen LogP contribution in [0.4, 0.5) is 4.79 Å². The summed E-state index contributed by atoms with van der Waals surface area (Å²) in [5, 5.41) is 8.50. The Morgan fingerprint density at radius 2 is 1.54 bits per heavy atom. The fraction of sp³-hybridized carbons (Fsp3) is 0.657. The van der Waals surface area contributed by atoms with Crippen molar-refractivity contribution in [2.75, 3.05) is 6.54 Å². The minimum atomic E-state index is -1.13. The highest BCUT2D eigenvalue weighted by molar-refractivity contribution is 6.37. The van der Waals surface area contributed by atoms with E-state index in [1.165, 1.54) is 17.7 Å². The molecular weight excluding hydrogens is 586 g/mol. The zero-order chi connectivity index (χ0) is 34.1. The summed E-state index contributed by atoms with van der Waals surface area (Å²) in [5.41, 5.74) is 4.28. The van der Waals surface area contributed by atoms with E-state index in [9.17, 15) is 28.8 Å². The van der Waals surface area contributed by atoms with Crippen LogP contribution >= 0.6 is 0 Å². The van der Waals surface area contributed by atoms with Crippen molar-refractivity contribution in [3.63, 3.8) is 0 Å². The van der Waals surface area contributed by atoms with Gasteiger partial charge in [0.2, 0.25) is 17.6 Å². The molecule has 1 aliphatic heterocycles. The van der Waals surface area contributed by atoms with Gasteiger partial charge in [0.05, 0.1) is 6.04 Å². The second-order valence-corrected chi connectivity index (χ2v) is 14.3. The number of Topliss-reactive ketones (excluding diaryl/α,β-unsaturated/α-hetero) is 2. The van der Waals surface area contributed by atoms with E-state index in [1.54, 1.807) is 19.1 Å². The van der Waals surface area contributed by atoms with Gasteiger partial charge >= 0.3 is 6.03 Å². The topological polar surface area (TPSA) is 168 Å². The van der Waals surface area contributed by atoms with E-state index in [-0.39, 0.29) is 18.6 Å². The maximum absolute atomic E-state index is 13.9. The number of benzene rings is 1. The van der Waals surface area contributed by atoms with Crippen LogP contribution in [0.15, 0.2) is 30.3 Å². The molecule has 2 saturated carbocycles. The maximum atomic E-state index is 13.9. The Bertz CT molecular complexity index is 1250. The number of likely N-dealkylation sites (tertiary alicyclic amines) is 1. The summed E-state index contributed by atoms with van der Waals surface area (Å²) in [6.07, 6.45) is 8.36. The predicted molar refractivity (Wildman–Crippen MR) is 176 cm³/mol. The van der Waals surface area contributed by atoms with Crippen molar-refractivity contribution < 1.29 is 28.8 Å². The number of nitrogens with one attached hydrogen (secondary N) is 3. The zero-order valence-electron chi connectivity index (χ0n) is 28.2. The number of hydrogen-bond acceptors (Lipinski definition) is 6. The molecule has 0 spiro atoms. The highest BCUT2D eigenvalue weighted by Crippen LogP contribution is 2.33. The van der Waals surface area contributed by atoms with Crippen molar-refractivity contribution in [2.45, 2.75) is 129 Å². The number of rotatable bonds is 11. The summed E-state index contributed by atoms with van der Waals surface area (Å²) in [6, 6.07) is 5.57. The first-order chi connectivity index (χ1) is 21.7. The number of amides is 5. The SMILES string of the molecule is CC1CC1.CCC(NC(=O)[C@@H]1CCCN1C(=O)C(NC(=O)NC1(CC(=O)c2ccccc2)CCCCC1)C(C)(C)C)C(=O)C(N)=O. The second-order valence-electron chi connectivity index (χ2n) is 14.3. The molecule has 2 unspecified atom stereocenters. The Labute approximate surface area is 273 Å². The summed E-state index contributed by atoms with van der Waals surface area (Å²) >= 11 is 0. The van der Waals surface area contributed by atoms with E-state index < -0.39 is 58.6 Å². The van der Waals surface area contributed by atoms with Crippen LogP contribution in [0.1, 0.15) is 116 Å². The monoisotopic (exact) mass is 639 g/mol. The van der Waals surface area contributed by atoms with Gasteiger partial charge in [-0.1, -0.05) is 97.1 Å². The van der Waals surface area contributed by atoms with Crippen LogP contribution in [0.25, 0.3) is 0 Å². The summed E-state index contributed by atoms with van der Waals surface area (Å²) in [7, 11) is 0. The van der Waals surface area contributed by atoms with Crippen molar-refractivity contribution in [2.24, 2.45) is 17.1 Å². The van der Waals surface area contributed by atoms with E-state index in [4.69, 9.17) is 5.73 Å². The van der Waals surface area contributed by atoms with Crippen molar-refractivity contribution in [1.82, 2.24) is 20.9 Å². The third kappa shape index (κ3) is 10.4. The van der Waals surface area contributed by atoms with E-state index in [0.717, 1.165) is 25.2 Å². The van der Waals surface area contributed by atoms with Crippen LogP contribution in [0.3, 0.4) is 0 Å². The van der Waals surface area contributed by atoms with Gasteiger partial charge < -0.3 is 26.6 Å². The van der Waals surface area contributed by atoms with Crippen molar-refractivity contribution in [1.29, 1.82) is 0 Å². The highest BCUT2D eigenvalue weighted by Gasteiger charge is 2.44. The molecule has 1 aromatic carbocycles. The third-order valence-corrected chi connectivity index (χ3v) is 9.16. The van der Waals surface area contributed by atoms with Gasteiger partial charge in [-0.3, -0.25) is 24.0 Å². The fourth-order valence-electron chi connectivity index (χ4n) is 6.09. The average Bonchev–Trinajstić information content (AvgIpc) is 3.63. The number of ketones is 2. The van der Waals surface area contributed by atoms with Crippen LogP contribution in [-0.2, 0) is 19.2 Å². The van der Waals surface area contributed by atoms with Gasteiger partial charge in [-0.15, -0.1) is 0 Å². The Balaban J connectivity index is 0.00000133. The summed E-state index contributed by atoms with van der Waals surface area (Å²) in [5.74, 6) is -1.95. The molecule has 3 atom stereocenters. The number of carbonyl (C=O) groups excluding carboxylic acids is 6. The summed E-state index contributed by atoms with van der Waals surface area (Å²) in [4.78, 5) is 78.5. The molecule has 5 N–H and O–H groups in total. The zero-order valence-corrected chi connectivity index (χ0v) is 28.2. The Morgan fingerprint density at radius 3 is 2.07 bits per heavy atom. The quantitative estimate of drug-likeness (QED) is 0.211. The molecule has 1 aromatic rings. The molecule has 1 heterocycles. The van der Waals surface area contributed by atoms with E-state index in [1.807, 2.05) is 39.0 Å². The van der Waals surface area contributed by atoms with Gasteiger partial charge in [-0.05, 0) is 43.4 Å². The Kier molecular flexibility index (Phi) is 12.9. The number of nitrogens with zero attached hydrogens (tertiary/aromatic N) is 1. The van der Waals surface area contributed by atoms with Gasteiger partial charge in [-0.25, -0.2) is 4.79 Å². The minimum absolute atomic E-state index is 0.0487. The summed E-state index contributed by atoms with van der Waals surface area (Å²) < 4.78 is 0. The number of primary amides is 1. The van der Waals surface area contributed by atoms with Gasteiger partial charge in [0.1, 0.15) is 12.1 Å². The molecule has 11 heteroatoms. The Morgan fingerprint density at radius 1 is 0.935 bits per heavy atom. The lowest BCUT2D eigenvalue weighted by Crippen LogP contribution is -2.62. The lowest BCUT2D eigenvalue weighted by Gasteiger charge is -2.40. The number of carbonyl (C=O) groups is 6. The maximum Gasteiger partial charge on any atom is 0.315 e. The molecule has 2 aliphatic carbocycles. The molecule has 1 saturated heterocycles. The van der Waals surface area contributed by atoms with Gasteiger partial charge in [0.25, 0.3) is 5.91 Å². The molecule has 3 aliphatic rings. The molecule has 0 aromatic heterocycles.